The Kier molecular flexibility index (Phi) is 4.19. The topological polar surface area (TPSA) is 75.5 Å². The Hall–Kier alpha value is -3.48. The molecule has 4 rings (SSSR count). The minimum absolute atomic E-state index is 0.109. The number of benzene rings is 2. The molecule has 0 atom stereocenters. The molecule has 2 amide bonds. The number of carbonyl (C=O) groups excluding carboxylic acids is 2. The Bertz CT molecular complexity index is 1090. The summed E-state index contributed by atoms with van der Waals surface area (Å²) in [6.45, 7) is 4.73. The molecule has 0 fully saturated rings. The fourth-order valence-corrected chi connectivity index (χ4v) is 3.29. The van der Waals surface area contributed by atoms with Crippen LogP contribution in [0.5, 0.6) is 0 Å². The number of anilines is 1. The van der Waals surface area contributed by atoms with E-state index in [1.165, 1.54) is 18.2 Å². The van der Waals surface area contributed by atoms with E-state index in [9.17, 15) is 14.0 Å². The van der Waals surface area contributed by atoms with Crippen molar-refractivity contribution in [3.8, 4) is 0 Å². The van der Waals surface area contributed by atoms with E-state index in [4.69, 9.17) is 0 Å². The van der Waals surface area contributed by atoms with Gasteiger partial charge in [0.1, 0.15) is 11.5 Å². The van der Waals surface area contributed by atoms with Crippen molar-refractivity contribution in [2.75, 3.05) is 11.9 Å². The number of carbonyl (C=O) groups is 2. The Morgan fingerprint density at radius 1 is 1.22 bits per heavy atom. The van der Waals surface area contributed by atoms with Crippen LogP contribution < -0.4 is 10.6 Å². The Morgan fingerprint density at radius 2 is 2.07 bits per heavy atom. The van der Waals surface area contributed by atoms with Crippen LogP contribution in [0.15, 0.2) is 47.5 Å². The third-order valence-corrected chi connectivity index (χ3v) is 4.62. The number of rotatable bonds is 3. The molecule has 2 heterocycles. The molecule has 0 saturated heterocycles. The van der Waals surface area contributed by atoms with E-state index < -0.39 is 5.82 Å². The Morgan fingerprint density at radius 3 is 2.89 bits per heavy atom. The first kappa shape index (κ1) is 17.0. The van der Waals surface area contributed by atoms with Crippen LogP contribution in [-0.2, 0) is 6.54 Å². The van der Waals surface area contributed by atoms with E-state index >= 15 is 0 Å². The van der Waals surface area contributed by atoms with Gasteiger partial charge in [-0.25, -0.2) is 4.39 Å². The zero-order valence-electron chi connectivity index (χ0n) is 14.5. The van der Waals surface area contributed by atoms with E-state index in [1.54, 1.807) is 12.1 Å². The second kappa shape index (κ2) is 6.68. The molecule has 2 aromatic carbocycles. The first-order chi connectivity index (χ1) is 13.1. The average molecular weight is 364 g/mol. The van der Waals surface area contributed by atoms with Crippen LogP contribution >= 0.6 is 0 Å². The summed E-state index contributed by atoms with van der Waals surface area (Å²) in [6, 6.07) is 11.0. The molecule has 6 nitrogen and oxygen atoms in total. The van der Waals surface area contributed by atoms with Gasteiger partial charge in [0, 0.05) is 35.6 Å². The van der Waals surface area contributed by atoms with Gasteiger partial charge in [-0.15, -0.1) is 0 Å². The summed E-state index contributed by atoms with van der Waals surface area (Å²) in [5.74, 6) is -0.907. The maximum Gasteiger partial charge on any atom is 0.267 e. The summed E-state index contributed by atoms with van der Waals surface area (Å²) >= 11 is 0. The van der Waals surface area contributed by atoms with E-state index in [1.807, 2.05) is 16.7 Å². The molecule has 136 valence electrons. The molecule has 27 heavy (non-hydrogen) atoms. The Balaban J connectivity index is 1.70. The maximum absolute atomic E-state index is 13.3. The van der Waals surface area contributed by atoms with Crippen molar-refractivity contribution < 1.29 is 14.0 Å². The molecule has 2 N–H and O–H groups in total. The molecule has 7 heteroatoms. The van der Waals surface area contributed by atoms with Gasteiger partial charge in [-0.1, -0.05) is 6.07 Å². The lowest BCUT2D eigenvalue weighted by atomic mass is 10.1. The zero-order chi connectivity index (χ0) is 19.0. The maximum atomic E-state index is 13.3. The smallest absolute Gasteiger partial charge is 0.267 e. The molecule has 1 aliphatic rings. The summed E-state index contributed by atoms with van der Waals surface area (Å²) < 4.78 is 15.3. The normalized spacial score (nSPS) is 13.6. The van der Waals surface area contributed by atoms with Gasteiger partial charge < -0.3 is 15.2 Å². The SMILES string of the molecule is C=Nc1cc(F)ccc1NC(=O)c1ccc2cc3n(c2c1)CCCNC3=O. The van der Waals surface area contributed by atoms with Gasteiger partial charge in [0.2, 0.25) is 0 Å². The van der Waals surface area contributed by atoms with Crippen molar-refractivity contribution in [3.63, 3.8) is 0 Å². The number of fused-ring (bicyclic) bond motifs is 3. The van der Waals surface area contributed by atoms with E-state index in [2.05, 4.69) is 22.3 Å². The van der Waals surface area contributed by atoms with Gasteiger partial charge in [-0.3, -0.25) is 14.6 Å². The molecule has 0 bridgehead atoms. The van der Waals surface area contributed by atoms with Crippen LogP contribution in [0.4, 0.5) is 15.8 Å². The fourth-order valence-electron chi connectivity index (χ4n) is 3.29. The Labute approximate surface area is 154 Å². The summed E-state index contributed by atoms with van der Waals surface area (Å²) in [4.78, 5) is 28.6. The predicted molar refractivity (Wildman–Crippen MR) is 102 cm³/mol. The largest absolute Gasteiger partial charge is 0.351 e. The number of amides is 2. The molecular weight excluding hydrogens is 347 g/mol. The first-order valence-corrected chi connectivity index (χ1v) is 8.56. The molecule has 0 radical (unpaired) electrons. The number of halogens is 1. The highest BCUT2D eigenvalue weighted by molar-refractivity contribution is 6.08. The summed E-state index contributed by atoms with van der Waals surface area (Å²) in [7, 11) is 0. The van der Waals surface area contributed by atoms with Crippen molar-refractivity contribution in [1.29, 1.82) is 0 Å². The van der Waals surface area contributed by atoms with Crippen LogP contribution in [0.2, 0.25) is 0 Å². The van der Waals surface area contributed by atoms with Gasteiger partial charge in [-0.2, -0.15) is 0 Å². The number of hydrogen-bond acceptors (Lipinski definition) is 3. The quantitative estimate of drug-likeness (QED) is 0.698. The van der Waals surface area contributed by atoms with Crippen molar-refractivity contribution >= 4 is 40.8 Å². The molecule has 0 unspecified atom stereocenters. The van der Waals surface area contributed by atoms with Gasteiger partial charge in [0.05, 0.1) is 11.4 Å². The zero-order valence-corrected chi connectivity index (χ0v) is 14.5. The monoisotopic (exact) mass is 364 g/mol. The van der Waals surface area contributed by atoms with Crippen molar-refractivity contribution in [3.05, 3.63) is 59.5 Å². The van der Waals surface area contributed by atoms with Gasteiger partial charge in [0.15, 0.2) is 0 Å². The fraction of sp³-hybridized carbons (Fsp3) is 0.150. The highest BCUT2D eigenvalue weighted by atomic mass is 19.1. The molecule has 0 aliphatic carbocycles. The standard InChI is InChI=1S/C20H17FN4O2/c1-22-16-11-14(21)5-6-15(16)24-19(26)13-4-3-12-9-18-20(27)23-7-2-8-25(18)17(12)10-13/h3-6,9-11H,1-2,7-8H2,(H,23,27)(H,24,26). The summed E-state index contributed by atoms with van der Waals surface area (Å²) in [6.07, 6.45) is 0.822. The molecule has 1 aromatic heterocycles. The third-order valence-electron chi connectivity index (χ3n) is 4.62. The molecular formula is C20H17FN4O2. The van der Waals surface area contributed by atoms with Crippen molar-refractivity contribution in [1.82, 2.24) is 9.88 Å². The number of aromatic nitrogens is 1. The number of aryl methyl sites for hydroxylation is 1. The highest BCUT2D eigenvalue weighted by Gasteiger charge is 2.19. The van der Waals surface area contributed by atoms with Crippen LogP contribution in [0.25, 0.3) is 10.9 Å². The van der Waals surface area contributed by atoms with E-state index in [-0.39, 0.29) is 17.5 Å². The van der Waals surface area contributed by atoms with Crippen molar-refractivity contribution in [2.24, 2.45) is 4.99 Å². The second-order valence-electron chi connectivity index (χ2n) is 6.34. The highest BCUT2D eigenvalue weighted by Crippen LogP contribution is 2.27. The van der Waals surface area contributed by atoms with Crippen LogP contribution in [-0.4, -0.2) is 29.6 Å². The van der Waals surface area contributed by atoms with E-state index in [0.717, 1.165) is 17.3 Å². The number of aliphatic imine (C=N–C) groups is 1. The van der Waals surface area contributed by atoms with Crippen LogP contribution in [0, 0.1) is 5.82 Å². The lowest BCUT2D eigenvalue weighted by Gasteiger charge is -2.09. The molecule has 3 aromatic rings. The predicted octanol–water partition coefficient (Wildman–Crippen LogP) is 3.50. The van der Waals surface area contributed by atoms with Crippen molar-refractivity contribution in [2.45, 2.75) is 13.0 Å². The van der Waals surface area contributed by atoms with Crippen LogP contribution in [0.3, 0.4) is 0 Å². The van der Waals surface area contributed by atoms with Gasteiger partial charge >= 0.3 is 0 Å². The number of hydrogen-bond donors (Lipinski definition) is 2. The molecule has 0 spiro atoms. The lowest BCUT2D eigenvalue weighted by molar-refractivity contribution is 0.0950. The van der Waals surface area contributed by atoms with Gasteiger partial charge in [-0.05, 0) is 43.5 Å². The van der Waals surface area contributed by atoms with E-state index in [0.29, 0.717) is 30.0 Å². The summed E-state index contributed by atoms with van der Waals surface area (Å²) in [5, 5.41) is 6.50. The molecule has 1 aliphatic heterocycles. The number of nitrogens with one attached hydrogen (secondary N) is 2. The first-order valence-electron chi connectivity index (χ1n) is 8.56. The van der Waals surface area contributed by atoms with Gasteiger partial charge in [0.25, 0.3) is 11.8 Å². The third kappa shape index (κ3) is 3.08. The van der Waals surface area contributed by atoms with Crippen LogP contribution in [0.1, 0.15) is 27.3 Å². The minimum Gasteiger partial charge on any atom is -0.351 e. The second-order valence-corrected chi connectivity index (χ2v) is 6.34. The summed E-state index contributed by atoms with van der Waals surface area (Å²) in [5.41, 5.74) is 2.50. The number of nitrogens with zero attached hydrogens (tertiary/aromatic N) is 2. The molecule has 0 saturated carbocycles. The average Bonchev–Trinajstić information content (AvgIpc) is 2.94. The minimum atomic E-state index is -0.453. The lowest BCUT2D eigenvalue weighted by Crippen LogP contribution is -2.22.